The summed E-state index contributed by atoms with van der Waals surface area (Å²) in [5.74, 6) is -4.48. The predicted octanol–water partition coefficient (Wildman–Crippen LogP) is 6.47. The maximum Gasteiger partial charge on any atom is 0.320 e. The van der Waals surface area contributed by atoms with Crippen molar-refractivity contribution in [3.05, 3.63) is 109 Å². The fourth-order valence-electron chi connectivity index (χ4n) is 7.81. The Morgan fingerprint density at radius 1 is 0.337 bits per heavy atom. The number of azo groups is 2. The molecule has 0 saturated carbocycles. The molecule has 2 heterocycles. The van der Waals surface area contributed by atoms with Crippen molar-refractivity contribution in [3.63, 3.8) is 0 Å². The number of phenolic OH excluding ortho intramolecular Hbond substituents is 2. The highest BCUT2D eigenvalue weighted by atomic mass is 32.2. The Kier molecular flexibility index (Phi) is 15.7. The average Bonchev–Trinajstić information content (AvgIpc) is 0.856. The van der Waals surface area contributed by atoms with Crippen LogP contribution in [0.15, 0.2) is 159 Å². The Labute approximate surface area is 480 Å². The number of nitrogens with one attached hydrogen (secondary N) is 4. The summed E-state index contributed by atoms with van der Waals surface area (Å²) < 4.78 is 208. The van der Waals surface area contributed by atoms with Gasteiger partial charge in [0.05, 0.1) is 21.2 Å². The van der Waals surface area contributed by atoms with Crippen LogP contribution in [-0.4, -0.2) is 128 Å². The van der Waals surface area contributed by atoms with Gasteiger partial charge in [-0.15, -0.1) is 20.5 Å². The number of phenols is 2. The van der Waals surface area contributed by atoms with Gasteiger partial charge in [0.1, 0.15) is 42.3 Å². The van der Waals surface area contributed by atoms with Gasteiger partial charge in [0.15, 0.2) is 11.5 Å². The third-order valence-corrected chi connectivity index (χ3v) is 16.5. The lowest BCUT2D eigenvalue weighted by Gasteiger charge is -2.15. The quantitative estimate of drug-likeness (QED) is 0.0323. The Morgan fingerprint density at radius 2 is 0.651 bits per heavy atom. The molecule has 0 saturated heterocycles. The van der Waals surface area contributed by atoms with Crippen LogP contribution in [0.4, 0.5) is 69.3 Å². The highest BCUT2D eigenvalue weighted by Gasteiger charge is 2.29. The first kappa shape index (κ1) is 60.7. The number of rotatable bonds is 18. The standard InChI is InChI=1S/C44H32N14O22S6/c59-37-33-19(15-31(85(75,76)77)35(37)57-55-25-5-1-3-7-29(25)83(69,70)71)13-23(81(63,64)65)17-27(33)47-41-49-39(51-43(61)53-41)45-21-9-11-22(12-10-21)46-40-50-42(54-44(62)52-40)48-28-18-24(82(66,67)68)14-20-16-32(86(78,79)80)36(38(60)34(20)28)58-56-26-6-2-4-8-30(26)84(72,73)74/h1-18,59-60H,(H,63,64,65)(H,66,67,68)(H,69,70,71)(H,72,73,74)(H,75,76,77)(H,78,79,80)(H3,45,47,49,51,53,61)(H3,46,48,50,52,54,62). The predicted molar refractivity (Wildman–Crippen MR) is 294 cm³/mol. The summed E-state index contributed by atoms with van der Waals surface area (Å²) in [6.07, 6.45) is 0. The van der Waals surface area contributed by atoms with Gasteiger partial charge in [0.2, 0.25) is 23.8 Å². The van der Waals surface area contributed by atoms with E-state index in [0.29, 0.717) is 36.4 Å². The molecule has 0 aliphatic rings. The van der Waals surface area contributed by atoms with E-state index in [-0.39, 0.29) is 11.4 Å². The summed E-state index contributed by atoms with van der Waals surface area (Å²) >= 11 is 0. The molecule has 2 aromatic heterocycles. The number of anilines is 8. The minimum atomic E-state index is -5.39. The van der Waals surface area contributed by atoms with Crippen molar-refractivity contribution < 1.29 is 98.2 Å². The molecule has 0 unspecified atom stereocenters. The van der Waals surface area contributed by atoms with Gasteiger partial charge in [-0.25, -0.2) is 0 Å². The molecule has 86 heavy (non-hydrogen) atoms. The first-order valence-corrected chi connectivity index (χ1v) is 31.3. The smallest absolute Gasteiger partial charge is 0.320 e. The van der Waals surface area contributed by atoms with Crippen molar-refractivity contribution in [1.82, 2.24) is 29.9 Å². The fourth-order valence-corrected chi connectivity index (χ4v) is 11.5. The summed E-state index contributed by atoms with van der Waals surface area (Å²) in [5.41, 5.74) is -4.06. The van der Waals surface area contributed by atoms with Gasteiger partial charge in [0, 0.05) is 22.1 Å². The van der Waals surface area contributed by atoms with Gasteiger partial charge in [0.25, 0.3) is 60.7 Å². The highest BCUT2D eigenvalue weighted by Crippen LogP contribution is 2.48. The monoisotopic (exact) mass is 1300 g/mol. The van der Waals surface area contributed by atoms with Crippen LogP contribution in [-0.2, 0) is 60.7 Å². The number of benzene rings is 7. The molecule has 7 aromatic carbocycles. The second-order valence-electron chi connectivity index (χ2n) is 17.1. The molecule has 42 heteroatoms. The van der Waals surface area contributed by atoms with Crippen molar-refractivity contribution in [2.24, 2.45) is 20.5 Å². The molecule has 0 amide bonds. The van der Waals surface area contributed by atoms with E-state index in [4.69, 9.17) is 0 Å². The third-order valence-electron chi connectivity index (χ3n) is 11.3. The lowest BCUT2D eigenvalue weighted by atomic mass is 10.1. The fraction of sp³-hybridized carbons (Fsp3) is 0. The first-order valence-electron chi connectivity index (χ1n) is 22.6. The number of nitrogens with zero attached hydrogens (tertiary/aromatic N) is 10. The number of hydrogen-bond acceptors (Lipinski definition) is 30. The molecule has 0 radical (unpaired) electrons. The summed E-state index contributed by atoms with van der Waals surface area (Å²) in [7, 11) is -31.0. The normalized spacial score (nSPS) is 12.7. The lowest BCUT2D eigenvalue weighted by molar-refractivity contribution is 0.429. The lowest BCUT2D eigenvalue weighted by Crippen LogP contribution is -2.06. The zero-order valence-electron chi connectivity index (χ0n) is 41.7. The molecule has 0 spiro atoms. The molecule has 36 nitrogen and oxygen atoms in total. The molecule has 0 atom stereocenters. The summed E-state index contributed by atoms with van der Waals surface area (Å²) in [6.45, 7) is 0. The van der Waals surface area contributed by atoms with E-state index in [1.807, 2.05) is 0 Å². The molecular weight excluding hydrogens is 1270 g/mol. The van der Waals surface area contributed by atoms with Crippen molar-refractivity contribution in [1.29, 1.82) is 0 Å². The van der Waals surface area contributed by atoms with Gasteiger partial charge in [-0.05, 0) is 95.7 Å². The number of fused-ring (bicyclic) bond motifs is 2. The Morgan fingerprint density at radius 3 is 0.965 bits per heavy atom. The van der Waals surface area contributed by atoms with E-state index in [1.54, 1.807) is 0 Å². The van der Waals surface area contributed by atoms with Gasteiger partial charge in [-0.1, -0.05) is 24.3 Å². The highest BCUT2D eigenvalue weighted by molar-refractivity contribution is 7.87. The number of aromatic nitrogens is 6. The third kappa shape index (κ3) is 13.4. The molecule has 9 rings (SSSR count). The van der Waals surface area contributed by atoms with Crippen LogP contribution in [0.25, 0.3) is 21.5 Å². The van der Waals surface area contributed by atoms with Crippen molar-refractivity contribution in [2.75, 3.05) is 21.3 Å². The molecule has 0 aliphatic carbocycles. The Balaban J connectivity index is 1.01. The topological polar surface area (TPSA) is 582 Å². The molecule has 0 bridgehead atoms. The largest absolute Gasteiger partial charge is 0.505 e. The van der Waals surface area contributed by atoms with E-state index >= 15 is 0 Å². The van der Waals surface area contributed by atoms with Gasteiger partial charge in [-0.2, -0.15) is 80.4 Å². The molecule has 14 N–H and O–H groups in total. The Hall–Kier alpha value is -9.86. The van der Waals surface area contributed by atoms with E-state index in [2.05, 4.69) is 71.6 Å². The molecule has 446 valence electrons. The van der Waals surface area contributed by atoms with Crippen LogP contribution in [0.1, 0.15) is 0 Å². The van der Waals surface area contributed by atoms with E-state index < -0.39 is 193 Å². The van der Waals surface area contributed by atoms with Crippen LogP contribution in [0.2, 0.25) is 0 Å². The zero-order chi connectivity index (χ0) is 62.6. The first-order chi connectivity index (χ1) is 40.0. The Bertz CT molecular complexity index is 4810. The second kappa shape index (κ2) is 22.3. The second-order valence-corrected chi connectivity index (χ2v) is 25.5. The average molecular weight is 1300 g/mol. The van der Waals surface area contributed by atoms with Crippen LogP contribution in [0, 0.1) is 0 Å². The molecule has 9 aromatic rings. The maximum atomic E-state index is 12.6. The van der Waals surface area contributed by atoms with Crippen molar-refractivity contribution >= 4 is 152 Å². The maximum absolute atomic E-state index is 12.6. The number of aromatic hydroxyl groups is 4. The van der Waals surface area contributed by atoms with Crippen LogP contribution >= 0.6 is 0 Å². The minimum Gasteiger partial charge on any atom is -0.505 e. The molecular formula is C44H32N14O22S6. The van der Waals surface area contributed by atoms with Gasteiger partial charge < -0.3 is 41.7 Å². The van der Waals surface area contributed by atoms with E-state index in [9.17, 15) is 98.2 Å². The van der Waals surface area contributed by atoms with Crippen LogP contribution < -0.4 is 21.3 Å². The van der Waals surface area contributed by atoms with Crippen molar-refractivity contribution in [2.45, 2.75) is 29.4 Å². The van der Waals surface area contributed by atoms with Gasteiger partial charge in [-0.3, -0.25) is 27.3 Å². The van der Waals surface area contributed by atoms with Gasteiger partial charge >= 0.3 is 12.0 Å². The van der Waals surface area contributed by atoms with Crippen molar-refractivity contribution in [3.8, 4) is 23.5 Å². The summed E-state index contributed by atoms with van der Waals surface area (Å²) in [4.78, 5) is 17.3. The SMILES string of the molecule is O=S(=O)(O)c1cc(Nc2nc(O)nc(Nc3ccc(Nc4nc(O)nc(Nc5cc(S(=O)(=O)O)cc6cc(S(=O)(=O)O)c(N=Nc7ccccc7S(=O)(=O)O)c(O)c56)n4)cc3)n2)c2c(O)c(N=Nc3ccccc3S(=O)(=O)O)c(S(=O)(=O)O)cc2c1. The summed E-state index contributed by atoms with van der Waals surface area (Å²) in [5, 5.41) is 67.2. The van der Waals surface area contributed by atoms with E-state index in [0.717, 1.165) is 24.3 Å². The number of hydrogen-bond donors (Lipinski definition) is 14. The summed E-state index contributed by atoms with van der Waals surface area (Å²) in [6, 6.07) is 16.2. The minimum absolute atomic E-state index is 0.150. The molecule has 0 fully saturated rings. The van der Waals surface area contributed by atoms with E-state index in [1.165, 1.54) is 48.5 Å². The zero-order valence-corrected chi connectivity index (χ0v) is 46.6. The van der Waals surface area contributed by atoms with Crippen LogP contribution in [0.5, 0.6) is 23.5 Å². The van der Waals surface area contributed by atoms with Crippen LogP contribution in [0.3, 0.4) is 0 Å². The molecule has 0 aliphatic heterocycles.